The minimum Gasteiger partial charge on any atom is -0.508 e. The maximum Gasteiger partial charge on any atom is 0.331 e. The first-order chi connectivity index (χ1) is 32.0. The molecule has 3 saturated heterocycles. The molecule has 13 N–H and O–H groups in total. The van der Waals surface area contributed by atoms with E-state index >= 15 is 0 Å². The quantitative estimate of drug-likeness (QED) is 0.0443. The van der Waals surface area contributed by atoms with E-state index in [1.165, 1.54) is 55.7 Å². The van der Waals surface area contributed by atoms with Gasteiger partial charge in [0.25, 0.3) is 0 Å². The SMILES string of the molecule is COc1cc(/C=C/C(=O)O[C@H]2[C@H](O[C@H]3[C@H](Oc4c(-c5ccc(O)cc5)oc5cc(O[C@@H]6O[C@@H](CO)[C@@H](O)[C@@H](O)[C@@H]6O)cc(O)c5c4=O)O[C@H](CO)[C@@H](O)[C@@H]3O)O[C@H](CO)[C@@H](O)[C@H]2O)ccc1O. The van der Waals surface area contributed by atoms with Crippen molar-refractivity contribution in [1.82, 2.24) is 0 Å². The van der Waals surface area contributed by atoms with E-state index in [0.29, 0.717) is 5.56 Å². The van der Waals surface area contributed by atoms with Crippen molar-refractivity contribution in [2.75, 3.05) is 26.9 Å². The number of ether oxygens (including phenoxy) is 8. The number of carbonyl (C=O) groups excluding carboxylic acids is 1. The molecular weight excluding hydrogens is 900 g/mol. The summed E-state index contributed by atoms with van der Waals surface area (Å²) in [6.07, 6.45) is -25.7. The van der Waals surface area contributed by atoms with Gasteiger partial charge in [-0.05, 0) is 48.0 Å². The lowest BCUT2D eigenvalue weighted by atomic mass is 9.97. The Labute approximate surface area is 377 Å². The first-order valence-corrected chi connectivity index (χ1v) is 20.4. The largest absolute Gasteiger partial charge is 0.508 e. The van der Waals surface area contributed by atoms with Gasteiger partial charge in [0.15, 0.2) is 35.8 Å². The Morgan fingerprint density at radius 2 is 1.25 bits per heavy atom. The van der Waals surface area contributed by atoms with Crippen LogP contribution in [0.15, 0.2) is 69.9 Å². The summed E-state index contributed by atoms with van der Waals surface area (Å²) in [5.74, 6) is -3.83. The fraction of sp³-hybridized carbons (Fsp3) is 0.442. The Bertz CT molecular complexity index is 2440. The predicted molar refractivity (Wildman–Crippen MR) is 220 cm³/mol. The number of hydrogen-bond acceptors (Lipinski definition) is 24. The average Bonchev–Trinajstić information content (AvgIpc) is 3.31. The fourth-order valence-electron chi connectivity index (χ4n) is 7.53. The van der Waals surface area contributed by atoms with Crippen LogP contribution < -0.4 is 19.6 Å². The molecule has 24 nitrogen and oxygen atoms in total. The fourth-order valence-corrected chi connectivity index (χ4v) is 7.53. The van der Waals surface area contributed by atoms with E-state index in [4.69, 9.17) is 42.3 Å². The third kappa shape index (κ3) is 10.1. The van der Waals surface area contributed by atoms with E-state index in [-0.39, 0.29) is 28.6 Å². The summed E-state index contributed by atoms with van der Waals surface area (Å²) in [6.45, 7) is -2.65. The second-order valence-corrected chi connectivity index (χ2v) is 15.6. The number of aliphatic hydroxyl groups excluding tert-OH is 10. The monoisotopic (exact) mass is 948 g/mol. The van der Waals surface area contributed by atoms with Crippen molar-refractivity contribution in [3.05, 3.63) is 76.5 Å². The molecule has 0 bridgehead atoms. The number of phenols is 3. The van der Waals surface area contributed by atoms with Gasteiger partial charge in [0, 0.05) is 23.8 Å². The zero-order valence-corrected chi connectivity index (χ0v) is 34.9. The van der Waals surface area contributed by atoms with E-state index in [0.717, 1.165) is 18.2 Å². The van der Waals surface area contributed by atoms with Crippen LogP contribution in [-0.2, 0) is 28.5 Å². The van der Waals surface area contributed by atoms with Gasteiger partial charge in [-0.1, -0.05) is 6.07 Å². The lowest BCUT2D eigenvalue weighted by molar-refractivity contribution is -0.358. The molecule has 67 heavy (non-hydrogen) atoms. The summed E-state index contributed by atoms with van der Waals surface area (Å²) in [5.41, 5.74) is -1.15. The van der Waals surface area contributed by atoms with Gasteiger partial charge in [-0.2, -0.15) is 0 Å². The molecule has 364 valence electrons. The molecule has 3 aromatic carbocycles. The van der Waals surface area contributed by atoms with Crippen molar-refractivity contribution in [2.24, 2.45) is 0 Å². The summed E-state index contributed by atoms with van der Waals surface area (Å²) in [5, 5.41) is 136. The maximum atomic E-state index is 14.5. The standard InChI is InChI=1S/C43H48O24/c1-59-22-10-16(2-8-20(22)48)3-9-27(50)65-39-34(56)30(52)25(14-45)63-42(39)67-40-35(57)31(53)26(15-46)64-43(40)66-38-32(54)28-21(49)11-19(60-41-36(58)33(55)29(51)24(13-44)62-41)12-23(28)61-37(38)17-4-6-18(47)7-5-17/h2-12,24-26,29-31,33-36,39-49,51-53,55-58H,13-15H2,1H3/b9-3+/t24-,25+,26+,29+,30+,31+,33+,34+,35-,36-,39+,40+,41+,42-,43-/m0/s1. The van der Waals surface area contributed by atoms with Gasteiger partial charge in [0.1, 0.15) is 89.3 Å². The Morgan fingerprint density at radius 1 is 0.657 bits per heavy atom. The molecule has 4 heterocycles. The summed E-state index contributed by atoms with van der Waals surface area (Å²) in [6, 6.07) is 11.1. The van der Waals surface area contributed by atoms with Gasteiger partial charge in [0.05, 0.1) is 26.9 Å². The number of fused-ring (bicyclic) bond motifs is 1. The van der Waals surface area contributed by atoms with Crippen LogP contribution in [0.3, 0.4) is 0 Å². The van der Waals surface area contributed by atoms with Crippen molar-refractivity contribution < 1.29 is 113 Å². The average molecular weight is 949 g/mol. The number of phenolic OH excluding ortho intramolecular Hbond substituents is 3. The van der Waals surface area contributed by atoms with Crippen molar-refractivity contribution in [3.63, 3.8) is 0 Å². The number of carbonyl (C=O) groups is 1. The minimum absolute atomic E-state index is 0.0309. The Morgan fingerprint density at radius 3 is 1.88 bits per heavy atom. The van der Waals surface area contributed by atoms with Crippen molar-refractivity contribution in [1.29, 1.82) is 0 Å². The molecular formula is C43H48O24. The van der Waals surface area contributed by atoms with E-state index in [1.54, 1.807) is 0 Å². The number of esters is 1. The van der Waals surface area contributed by atoms with Crippen LogP contribution in [0.1, 0.15) is 5.56 Å². The molecule has 7 rings (SSSR count). The molecule has 4 aromatic rings. The maximum absolute atomic E-state index is 14.5. The first-order valence-electron chi connectivity index (χ1n) is 20.4. The molecule has 3 aliphatic heterocycles. The molecule has 0 aliphatic carbocycles. The van der Waals surface area contributed by atoms with Crippen LogP contribution in [0.25, 0.3) is 28.4 Å². The number of methoxy groups -OCH3 is 1. The Balaban J connectivity index is 1.24. The van der Waals surface area contributed by atoms with E-state index in [2.05, 4.69) is 0 Å². The molecule has 0 radical (unpaired) electrons. The van der Waals surface area contributed by atoms with Gasteiger partial charge < -0.3 is 109 Å². The predicted octanol–water partition coefficient (Wildman–Crippen LogP) is -2.97. The molecule has 3 aliphatic rings. The highest BCUT2D eigenvalue weighted by atomic mass is 16.8. The molecule has 24 heteroatoms. The van der Waals surface area contributed by atoms with E-state index in [1.807, 2.05) is 0 Å². The highest BCUT2D eigenvalue weighted by Gasteiger charge is 2.53. The van der Waals surface area contributed by atoms with E-state index < -0.39 is 152 Å². The van der Waals surface area contributed by atoms with Crippen LogP contribution in [0.5, 0.6) is 34.5 Å². The van der Waals surface area contributed by atoms with Crippen LogP contribution in [0.4, 0.5) is 0 Å². The summed E-state index contributed by atoms with van der Waals surface area (Å²) < 4.78 is 51.2. The lowest BCUT2D eigenvalue weighted by Crippen LogP contribution is -2.65. The van der Waals surface area contributed by atoms with Crippen LogP contribution in [0.2, 0.25) is 0 Å². The molecule has 15 atom stereocenters. The number of benzene rings is 3. The molecule has 3 fully saturated rings. The summed E-state index contributed by atoms with van der Waals surface area (Å²) in [7, 11) is 1.31. The van der Waals surface area contributed by atoms with Crippen molar-refractivity contribution >= 4 is 23.0 Å². The number of aromatic hydroxyl groups is 3. The Kier molecular flexibility index (Phi) is 15.2. The minimum atomic E-state index is -2.11. The second kappa shape index (κ2) is 20.7. The van der Waals surface area contributed by atoms with Gasteiger partial charge in [-0.3, -0.25) is 4.79 Å². The van der Waals surface area contributed by atoms with Crippen molar-refractivity contribution in [2.45, 2.75) is 92.1 Å². The zero-order chi connectivity index (χ0) is 48.4. The molecule has 0 saturated carbocycles. The number of aliphatic hydroxyl groups is 10. The third-order valence-corrected chi connectivity index (χ3v) is 11.2. The highest BCUT2D eigenvalue weighted by molar-refractivity contribution is 5.89. The van der Waals surface area contributed by atoms with Crippen molar-refractivity contribution in [3.8, 4) is 45.8 Å². The lowest BCUT2D eigenvalue weighted by Gasteiger charge is -2.46. The molecule has 0 amide bonds. The number of hydrogen-bond donors (Lipinski definition) is 13. The third-order valence-electron chi connectivity index (χ3n) is 11.2. The number of rotatable bonds is 14. The topological polar surface area (TPSA) is 384 Å². The van der Waals surface area contributed by atoms with Crippen LogP contribution >= 0.6 is 0 Å². The summed E-state index contributed by atoms with van der Waals surface area (Å²) >= 11 is 0. The van der Waals surface area contributed by atoms with Crippen LogP contribution in [0, 0.1) is 0 Å². The summed E-state index contributed by atoms with van der Waals surface area (Å²) in [4.78, 5) is 27.7. The molecule has 1 aromatic heterocycles. The Hall–Kier alpha value is -5.68. The van der Waals surface area contributed by atoms with Gasteiger partial charge in [-0.25, -0.2) is 4.79 Å². The molecule has 0 spiro atoms. The smallest absolute Gasteiger partial charge is 0.331 e. The van der Waals surface area contributed by atoms with Gasteiger partial charge in [-0.15, -0.1) is 0 Å². The normalized spacial score (nSPS) is 32.3. The van der Waals surface area contributed by atoms with Crippen LogP contribution in [-0.4, -0.2) is 191 Å². The molecule has 0 unspecified atom stereocenters. The van der Waals surface area contributed by atoms with Gasteiger partial charge >= 0.3 is 5.97 Å². The second-order valence-electron chi connectivity index (χ2n) is 15.6. The zero-order valence-electron chi connectivity index (χ0n) is 34.9. The van der Waals surface area contributed by atoms with Gasteiger partial charge in [0.2, 0.25) is 23.8 Å². The van der Waals surface area contributed by atoms with E-state index in [9.17, 15) is 76.0 Å². The highest BCUT2D eigenvalue weighted by Crippen LogP contribution is 2.40. The first kappa shape index (κ1) is 49.2.